The lowest BCUT2D eigenvalue weighted by atomic mass is 10.1. The van der Waals surface area contributed by atoms with E-state index in [0.717, 1.165) is 20.1 Å². The monoisotopic (exact) mass is 382 g/mol. The Bertz CT molecular complexity index is 613. The summed E-state index contributed by atoms with van der Waals surface area (Å²) in [5, 5.41) is 0. The average Bonchev–Trinajstić information content (AvgIpc) is 2.33. The molecule has 0 heterocycles. The molecule has 0 aromatic heterocycles. The summed E-state index contributed by atoms with van der Waals surface area (Å²) in [5.41, 5.74) is 2.47. The van der Waals surface area contributed by atoms with Crippen molar-refractivity contribution >= 4 is 37.8 Å². The van der Waals surface area contributed by atoms with Gasteiger partial charge < -0.3 is 4.74 Å². The Morgan fingerprint density at radius 1 is 1.11 bits per heavy atom. The molecule has 0 fully saturated rings. The van der Waals surface area contributed by atoms with E-state index in [2.05, 4.69) is 31.9 Å². The molecule has 19 heavy (non-hydrogen) atoms. The van der Waals surface area contributed by atoms with E-state index in [1.807, 2.05) is 44.2 Å². The molecule has 98 valence electrons. The normalized spacial score (nSPS) is 10.3. The highest BCUT2D eigenvalue weighted by atomic mass is 79.9. The molecule has 2 nitrogen and oxygen atoms in total. The Morgan fingerprint density at radius 3 is 2.47 bits per heavy atom. The van der Waals surface area contributed by atoms with Crippen LogP contribution in [0.2, 0.25) is 0 Å². The minimum Gasteiger partial charge on any atom is -0.421 e. The molecule has 2 aromatic carbocycles. The fourth-order valence-corrected chi connectivity index (χ4v) is 3.26. The Balaban J connectivity index is 2.29. The molecule has 2 aromatic rings. The maximum absolute atomic E-state index is 12.1. The number of ether oxygens (including phenoxy) is 1. The van der Waals surface area contributed by atoms with Crippen LogP contribution in [0, 0.1) is 13.8 Å². The number of halogens is 2. The highest BCUT2D eigenvalue weighted by Gasteiger charge is 2.13. The molecule has 0 bridgehead atoms. The molecule has 0 aliphatic heterocycles. The fraction of sp³-hybridized carbons (Fsp3) is 0.133. The molecule has 0 atom stereocenters. The minimum absolute atomic E-state index is 0.352. The fourth-order valence-electron chi connectivity index (χ4n) is 1.74. The topological polar surface area (TPSA) is 26.3 Å². The zero-order valence-corrected chi connectivity index (χ0v) is 13.7. The van der Waals surface area contributed by atoms with Gasteiger partial charge in [0, 0.05) is 4.47 Å². The highest BCUT2D eigenvalue weighted by molar-refractivity contribution is 9.11. The average molecular weight is 384 g/mol. The van der Waals surface area contributed by atoms with Gasteiger partial charge >= 0.3 is 5.97 Å². The molecule has 0 N–H and O–H groups in total. The summed E-state index contributed by atoms with van der Waals surface area (Å²) in [6.45, 7) is 3.84. The first-order chi connectivity index (χ1) is 8.97. The number of hydrogen-bond acceptors (Lipinski definition) is 2. The largest absolute Gasteiger partial charge is 0.421 e. The third-order valence-corrected chi connectivity index (χ3v) is 3.69. The van der Waals surface area contributed by atoms with E-state index in [-0.39, 0.29) is 5.97 Å². The summed E-state index contributed by atoms with van der Waals surface area (Å²) >= 11 is 6.80. The lowest BCUT2D eigenvalue weighted by Crippen LogP contribution is -2.09. The molecule has 0 aliphatic carbocycles. The molecule has 0 unspecified atom stereocenters. The zero-order chi connectivity index (χ0) is 14.0. The van der Waals surface area contributed by atoms with Gasteiger partial charge in [-0.2, -0.15) is 0 Å². The number of aryl methyl sites for hydroxylation is 2. The van der Waals surface area contributed by atoms with Crippen molar-refractivity contribution in [3.05, 3.63) is 62.0 Å². The van der Waals surface area contributed by atoms with Crippen molar-refractivity contribution in [1.82, 2.24) is 0 Å². The van der Waals surface area contributed by atoms with Crippen LogP contribution < -0.4 is 4.74 Å². The summed E-state index contributed by atoms with van der Waals surface area (Å²) in [7, 11) is 0. The van der Waals surface area contributed by atoms with Gasteiger partial charge in [-0.05, 0) is 59.6 Å². The Hall–Kier alpha value is -1.13. The van der Waals surface area contributed by atoms with Crippen LogP contribution in [-0.2, 0) is 0 Å². The van der Waals surface area contributed by atoms with E-state index in [9.17, 15) is 4.79 Å². The number of benzene rings is 2. The van der Waals surface area contributed by atoms with Crippen molar-refractivity contribution in [3.8, 4) is 5.75 Å². The second-order valence-corrected chi connectivity index (χ2v) is 6.06. The Labute approximate surface area is 129 Å². The molecular formula is C15H12Br2O2. The molecule has 0 aliphatic rings. The lowest BCUT2D eigenvalue weighted by Gasteiger charge is -2.10. The van der Waals surface area contributed by atoms with Crippen molar-refractivity contribution in [2.75, 3.05) is 0 Å². The van der Waals surface area contributed by atoms with Crippen molar-refractivity contribution in [1.29, 1.82) is 0 Å². The van der Waals surface area contributed by atoms with Crippen LogP contribution >= 0.6 is 31.9 Å². The third-order valence-electron chi connectivity index (χ3n) is 2.64. The standard InChI is InChI=1S/C15H12Br2O2/c1-9-4-3-5-11(6-9)15(18)19-14-10(2)7-12(16)8-13(14)17/h3-8H,1-2H3. The maximum Gasteiger partial charge on any atom is 0.343 e. The van der Waals surface area contributed by atoms with E-state index < -0.39 is 0 Å². The number of hydrogen-bond donors (Lipinski definition) is 0. The van der Waals surface area contributed by atoms with Gasteiger partial charge in [-0.15, -0.1) is 0 Å². The van der Waals surface area contributed by atoms with Crippen LogP contribution in [0.3, 0.4) is 0 Å². The second kappa shape index (κ2) is 5.88. The van der Waals surface area contributed by atoms with E-state index in [4.69, 9.17) is 4.74 Å². The van der Waals surface area contributed by atoms with Crippen LogP contribution in [0.4, 0.5) is 0 Å². The molecule has 0 radical (unpaired) electrons. The number of carbonyl (C=O) groups excluding carboxylic acids is 1. The molecule has 0 amide bonds. The summed E-state index contributed by atoms with van der Waals surface area (Å²) < 4.78 is 7.15. The number of esters is 1. The van der Waals surface area contributed by atoms with Crippen molar-refractivity contribution in [3.63, 3.8) is 0 Å². The molecule has 0 saturated carbocycles. The van der Waals surface area contributed by atoms with Crippen molar-refractivity contribution in [2.24, 2.45) is 0 Å². The third kappa shape index (κ3) is 3.45. The van der Waals surface area contributed by atoms with Crippen LogP contribution in [-0.4, -0.2) is 5.97 Å². The first-order valence-electron chi connectivity index (χ1n) is 5.72. The van der Waals surface area contributed by atoms with Gasteiger partial charge in [-0.3, -0.25) is 0 Å². The number of carbonyl (C=O) groups is 1. The summed E-state index contributed by atoms with van der Waals surface area (Å²) in [6.07, 6.45) is 0. The first kappa shape index (κ1) is 14.3. The quantitative estimate of drug-likeness (QED) is 0.535. The molecule has 2 rings (SSSR count). The van der Waals surface area contributed by atoms with Crippen molar-refractivity contribution < 1.29 is 9.53 Å². The zero-order valence-electron chi connectivity index (χ0n) is 10.5. The second-order valence-electron chi connectivity index (χ2n) is 4.29. The van der Waals surface area contributed by atoms with E-state index in [1.54, 1.807) is 6.07 Å². The van der Waals surface area contributed by atoms with E-state index >= 15 is 0 Å². The predicted octanol–water partition coefficient (Wildman–Crippen LogP) is 5.05. The predicted molar refractivity (Wildman–Crippen MR) is 82.7 cm³/mol. The SMILES string of the molecule is Cc1cccc(C(=O)Oc2c(C)cc(Br)cc2Br)c1. The van der Waals surface area contributed by atoms with Gasteiger partial charge in [0.1, 0.15) is 5.75 Å². The smallest absolute Gasteiger partial charge is 0.343 e. The molecule has 4 heteroatoms. The van der Waals surface area contributed by atoms with Gasteiger partial charge in [0.2, 0.25) is 0 Å². The maximum atomic E-state index is 12.1. The van der Waals surface area contributed by atoms with Crippen LogP contribution in [0.5, 0.6) is 5.75 Å². The van der Waals surface area contributed by atoms with Crippen molar-refractivity contribution in [2.45, 2.75) is 13.8 Å². The summed E-state index contributed by atoms with van der Waals surface area (Å²) in [5.74, 6) is 0.199. The van der Waals surface area contributed by atoms with Gasteiger partial charge in [0.05, 0.1) is 10.0 Å². The number of rotatable bonds is 2. The summed E-state index contributed by atoms with van der Waals surface area (Å²) in [6, 6.07) is 11.1. The van der Waals surface area contributed by atoms with Gasteiger partial charge in [-0.25, -0.2) is 4.79 Å². The van der Waals surface area contributed by atoms with Crippen LogP contribution in [0.15, 0.2) is 45.3 Å². The molecular weight excluding hydrogens is 372 g/mol. The lowest BCUT2D eigenvalue weighted by molar-refractivity contribution is 0.0732. The minimum atomic E-state index is -0.352. The van der Waals surface area contributed by atoms with Crippen LogP contribution in [0.25, 0.3) is 0 Å². The Morgan fingerprint density at radius 2 is 1.84 bits per heavy atom. The highest BCUT2D eigenvalue weighted by Crippen LogP contribution is 2.32. The van der Waals surface area contributed by atoms with Gasteiger partial charge in [0.15, 0.2) is 0 Å². The molecule has 0 spiro atoms. The Kier molecular flexibility index (Phi) is 4.42. The summed E-state index contributed by atoms with van der Waals surface area (Å²) in [4.78, 5) is 12.1. The van der Waals surface area contributed by atoms with Crippen LogP contribution in [0.1, 0.15) is 21.5 Å². The van der Waals surface area contributed by atoms with E-state index in [0.29, 0.717) is 11.3 Å². The van der Waals surface area contributed by atoms with Gasteiger partial charge in [-0.1, -0.05) is 33.6 Å². The molecule has 0 saturated heterocycles. The first-order valence-corrected chi connectivity index (χ1v) is 7.30. The van der Waals surface area contributed by atoms with E-state index in [1.165, 1.54) is 0 Å². The van der Waals surface area contributed by atoms with Gasteiger partial charge in [0.25, 0.3) is 0 Å².